The van der Waals surface area contributed by atoms with E-state index in [1.807, 2.05) is 36.1 Å². The lowest BCUT2D eigenvalue weighted by atomic mass is 10.0. The molecule has 0 unspecified atom stereocenters. The van der Waals surface area contributed by atoms with Crippen molar-refractivity contribution in [3.63, 3.8) is 0 Å². The van der Waals surface area contributed by atoms with Gasteiger partial charge in [0.1, 0.15) is 11.4 Å². The molecular weight excluding hydrogens is 320 g/mol. The number of fused-ring (bicyclic) bond motifs is 1. The Morgan fingerprint density at radius 2 is 2.16 bits per heavy atom. The van der Waals surface area contributed by atoms with Crippen LogP contribution in [0.15, 0.2) is 30.5 Å². The molecule has 3 heterocycles. The Labute approximate surface area is 144 Å². The molecule has 1 aromatic carbocycles. The Balaban J connectivity index is 1.92. The maximum atomic E-state index is 12.2. The summed E-state index contributed by atoms with van der Waals surface area (Å²) in [6.45, 7) is 1.57. The molecule has 3 aromatic rings. The third kappa shape index (κ3) is 2.60. The van der Waals surface area contributed by atoms with Crippen LogP contribution >= 0.6 is 0 Å². The number of aromatic nitrogens is 5. The van der Waals surface area contributed by atoms with Gasteiger partial charge in [-0.2, -0.15) is 5.10 Å². The fourth-order valence-electron chi connectivity index (χ4n) is 3.15. The van der Waals surface area contributed by atoms with Gasteiger partial charge in [0.05, 0.1) is 30.3 Å². The lowest BCUT2D eigenvalue weighted by Gasteiger charge is -2.16. The predicted octanol–water partition coefficient (Wildman–Crippen LogP) is 1.10. The summed E-state index contributed by atoms with van der Waals surface area (Å²) in [5.74, 6) is -0.380. The van der Waals surface area contributed by atoms with E-state index < -0.39 is 0 Å². The number of hydrogen-bond donors (Lipinski definition) is 1. The van der Waals surface area contributed by atoms with Crippen LogP contribution in [0.2, 0.25) is 0 Å². The Bertz CT molecular complexity index is 943. The first-order valence-corrected chi connectivity index (χ1v) is 8.05. The van der Waals surface area contributed by atoms with Crippen molar-refractivity contribution in [3.8, 4) is 17.1 Å². The third-order valence-corrected chi connectivity index (χ3v) is 4.31. The number of rotatable bonds is 3. The van der Waals surface area contributed by atoms with Crippen LogP contribution in [0.4, 0.5) is 0 Å². The van der Waals surface area contributed by atoms with Crippen LogP contribution in [0.1, 0.15) is 21.6 Å². The molecule has 25 heavy (non-hydrogen) atoms. The average Bonchev–Trinajstić information content (AvgIpc) is 3.24. The smallest absolute Gasteiger partial charge is 0.340 e. The van der Waals surface area contributed by atoms with Gasteiger partial charge in [0.15, 0.2) is 0 Å². The molecule has 0 spiro atoms. The number of methoxy groups -OCH3 is 1. The SMILES string of the molecule is COC(=O)c1ccccc1-n1nc(-c2cn(C)nn2)c2c1CCNC2. The minimum Gasteiger partial charge on any atom is -0.465 e. The lowest BCUT2D eigenvalue weighted by molar-refractivity contribution is 0.0600. The van der Waals surface area contributed by atoms with Crippen LogP contribution in [0.25, 0.3) is 17.1 Å². The van der Waals surface area contributed by atoms with E-state index in [0.29, 0.717) is 17.8 Å². The summed E-state index contributed by atoms with van der Waals surface area (Å²) >= 11 is 0. The topological polar surface area (TPSA) is 86.9 Å². The molecule has 2 aromatic heterocycles. The van der Waals surface area contributed by atoms with E-state index in [0.717, 1.165) is 35.6 Å². The average molecular weight is 338 g/mol. The summed E-state index contributed by atoms with van der Waals surface area (Å²) in [4.78, 5) is 12.2. The molecule has 8 nitrogen and oxygen atoms in total. The van der Waals surface area contributed by atoms with E-state index in [1.54, 1.807) is 10.7 Å². The second-order valence-electron chi connectivity index (χ2n) is 5.90. The van der Waals surface area contributed by atoms with Crippen molar-refractivity contribution in [2.24, 2.45) is 7.05 Å². The first-order valence-electron chi connectivity index (χ1n) is 8.05. The maximum Gasteiger partial charge on any atom is 0.340 e. The van der Waals surface area contributed by atoms with Crippen LogP contribution in [0.5, 0.6) is 0 Å². The first-order chi connectivity index (χ1) is 12.2. The van der Waals surface area contributed by atoms with Crippen LogP contribution in [0, 0.1) is 0 Å². The minimum absolute atomic E-state index is 0.380. The van der Waals surface area contributed by atoms with Gasteiger partial charge < -0.3 is 10.1 Å². The molecule has 0 amide bonds. The maximum absolute atomic E-state index is 12.2. The van der Waals surface area contributed by atoms with Gasteiger partial charge in [-0.1, -0.05) is 17.3 Å². The molecule has 0 atom stereocenters. The number of carbonyl (C=O) groups is 1. The zero-order chi connectivity index (χ0) is 17.4. The Morgan fingerprint density at radius 1 is 1.32 bits per heavy atom. The fourth-order valence-corrected chi connectivity index (χ4v) is 3.15. The summed E-state index contributed by atoms with van der Waals surface area (Å²) in [7, 11) is 3.21. The molecule has 128 valence electrons. The van der Waals surface area contributed by atoms with Crippen molar-refractivity contribution in [2.75, 3.05) is 13.7 Å². The predicted molar refractivity (Wildman–Crippen MR) is 90.3 cm³/mol. The molecule has 0 radical (unpaired) electrons. The monoisotopic (exact) mass is 338 g/mol. The number of esters is 1. The van der Waals surface area contributed by atoms with Gasteiger partial charge in [0.2, 0.25) is 0 Å². The van der Waals surface area contributed by atoms with Gasteiger partial charge in [0.25, 0.3) is 0 Å². The zero-order valence-corrected chi connectivity index (χ0v) is 14.1. The molecule has 0 bridgehead atoms. The van der Waals surface area contributed by atoms with E-state index in [4.69, 9.17) is 9.84 Å². The van der Waals surface area contributed by atoms with Crippen molar-refractivity contribution in [1.82, 2.24) is 30.1 Å². The lowest BCUT2D eigenvalue weighted by Crippen LogP contribution is -2.25. The van der Waals surface area contributed by atoms with Gasteiger partial charge in [-0.25, -0.2) is 9.48 Å². The standard InChI is InChI=1S/C17H18N6O2/c1-22-10-13(19-21-22)16-12-9-18-8-7-15(12)23(20-16)14-6-4-3-5-11(14)17(24)25-2/h3-6,10,18H,7-9H2,1-2H3. The van der Waals surface area contributed by atoms with Crippen LogP contribution < -0.4 is 5.32 Å². The summed E-state index contributed by atoms with van der Waals surface area (Å²) in [6, 6.07) is 7.33. The Morgan fingerprint density at radius 3 is 2.92 bits per heavy atom. The van der Waals surface area contributed by atoms with E-state index in [1.165, 1.54) is 7.11 Å². The number of ether oxygens (including phenoxy) is 1. The van der Waals surface area contributed by atoms with E-state index in [-0.39, 0.29) is 5.97 Å². The molecule has 0 saturated carbocycles. The highest BCUT2D eigenvalue weighted by atomic mass is 16.5. The van der Waals surface area contributed by atoms with Gasteiger partial charge >= 0.3 is 5.97 Å². The second kappa shape index (κ2) is 6.14. The van der Waals surface area contributed by atoms with Crippen LogP contribution in [-0.2, 0) is 24.8 Å². The second-order valence-corrected chi connectivity index (χ2v) is 5.90. The zero-order valence-electron chi connectivity index (χ0n) is 14.1. The fraction of sp³-hybridized carbons (Fsp3) is 0.294. The summed E-state index contributed by atoms with van der Waals surface area (Å²) in [6.07, 6.45) is 2.66. The summed E-state index contributed by atoms with van der Waals surface area (Å²) in [5.41, 5.74) is 4.87. The van der Waals surface area contributed by atoms with Crippen molar-refractivity contribution >= 4 is 5.97 Å². The quantitative estimate of drug-likeness (QED) is 0.720. The number of aryl methyl sites for hydroxylation is 1. The molecule has 1 N–H and O–H groups in total. The van der Waals surface area contributed by atoms with E-state index >= 15 is 0 Å². The third-order valence-electron chi connectivity index (χ3n) is 4.31. The number of hydrogen-bond acceptors (Lipinski definition) is 6. The molecule has 8 heteroatoms. The summed E-state index contributed by atoms with van der Waals surface area (Å²) < 4.78 is 8.41. The molecular formula is C17H18N6O2. The largest absolute Gasteiger partial charge is 0.465 e. The molecule has 0 aliphatic carbocycles. The van der Waals surface area contributed by atoms with Crippen molar-refractivity contribution in [3.05, 3.63) is 47.3 Å². The highest BCUT2D eigenvalue weighted by Crippen LogP contribution is 2.29. The van der Waals surface area contributed by atoms with Crippen molar-refractivity contribution in [2.45, 2.75) is 13.0 Å². The highest BCUT2D eigenvalue weighted by molar-refractivity contribution is 5.93. The van der Waals surface area contributed by atoms with Crippen LogP contribution in [-0.4, -0.2) is 44.4 Å². The number of nitrogens with one attached hydrogen (secondary N) is 1. The molecule has 4 rings (SSSR count). The van der Waals surface area contributed by atoms with Gasteiger partial charge in [0, 0.05) is 32.1 Å². The van der Waals surface area contributed by atoms with Crippen LogP contribution in [0.3, 0.4) is 0 Å². The number of benzene rings is 1. The van der Waals surface area contributed by atoms with Crippen molar-refractivity contribution < 1.29 is 9.53 Å². The molecule has 0 saturated heterocycles. The number of para-hydroxylation sites is 1. The molecule has 1 aliphatic heterocycles. The minimum atomic E-state index is -0.380. The normalized spacial score (nSPS) is 13.5. The Kier molecular flexibility index (Phi) is 3.81. The van der Waals surface area contributed by atoms with Gasteiger partial charge in [-0.05, 0) is 12.1 Å². The van der Waals surface area contributed by atoms with E-state index in [9.17, 15) is 4.79 Å². The molecule has 1 aliphatic rings. The molecule has 0 fully saturated rings. The Hall–Kier alpha value is -3.00. The number of carbonyl (C=O) groups excluding carboxylic acids is 1. The van der Waals surface area contributed by atoms with Gasteiger partial charge in [-0.3, -0.25) is 4.68 Å². The first kappa shape index (κ1) is 15.5. The highest BCUT2D eigenvalue weighted by Gasteiger charge is 2.25. The summed E-state index contributed by atoms with van der Waals surface area (Å²) in [5, 5.41) is 16.3. The van der Waals surface area contributed by atoms with Crippen molar-refractivity contribution in [1.29, 1.82) is 0 Å². The van der Waals surface area contributed by atoms with Gasteiger partial charge in [-0.15, -0.1) is 5.10 Å². The van der Waals surface area contributed by atoms with E-state index in [2.05, 4.69) is 15.6 Å². The number of nitrogens with zero attached hydrogens (tertiary/aromatic N) is 5.